The predicted octanol–water partition coefficient (Wildman–Crippen LogP) is 2.11. The van der Waals surface area contributed by atoms with Crippen LogP contribution in [0.5, 0.6) is 0 Å². The largest absolute Gasteiger partial charge is 0.323 e. The third kappa shape index (κ3) is 2.05. The molecule has 1 heterocycles. The molecule has 1 rings (SSSR count). The molecule has 2 N–H and O–H groups in total. The topological polar surface area (TPSA) is 38.9 Å². The second-order valence-corrected chi connectivity index (χ2v) is 3.23. The van der Waals surface area contributed by atoms with Crippen LogP contribution in [0, 0.1) is 13.8 Å². The summed E-state index contributed by atoms with van der Waals surface area (Å²) in [5.74, 6) is 0. The van der Waals surface area contributed by atoms with Crippen molar-refractivity contribution in [2.45, 2.75) is 33.2 Å². The Balaban J connectivity index is 3.00. The van der Waals surface area contributed by atoms with Gasteiger partial charge in [0.2, 0.25) is 0 Å². The summed E-state index contributed by atoms with van der Waals surface area (Å²) in [5, 5.41) is 0. The van der Waals surface area contributed by atoms with Crippen molar-refractivity contribution in [3.8, 4) is 0 Å². The molecule has 1 atom stereocenters. The monoisotopic (exact) mass is 164 g/mol. The molecule has 0 saturated heterocycles. The maximum absolute atomic E-state index is 5.87. The molecular formula is C10H16N2. The van der Waals surface area contributed by atoms with Crippen molar-refractivity contribution in [2.75, 3.05) is 0 Å². The number of rotatable bonds is 2. The molecule has 1 aromatic heterocycles. The number of hydrogen-bond acceptors (Lipinski definition) is 2. The van der Waals surface area contributed by atoms with E-state index in [1.54, 1.807) is 0 Å². The lowest BCUT2D eigenvalue weighted by molar-refractivity contribution is 0.672. The molecule has 0 radical (unpaired) electrons. The maximum atomic E-state index is 5.87. The highest BCUT2D eigenvalue weighted by molar-refractivity contribution is 5.21. The number of aromatic nitrogens is 1. The zero-order valence-electron chi connectivity index (χ0n) is 7.96. The van der Waals surface area contributed by atoms with Crippen LogP contribution in [0.2, 0.25) is 0 Å². The number of hydrogen-bond donors (Lipinski definition) is 1. The van der Waals surface area contributed by atoms with Crippen LogP contribution in [-0.2, 0) is 0 Å². The van der Waals surface area contributed by atoms with Gasteiger partial charge in [0.25, 0.3) is 0 Å². The minimum atomic E-state index is 0.0867. The molecule has 0 unspecified atom stereocenters. The van der Waals surface area contributed by atoms with Gasteiger partial charge < -0.3 is 5.73 Å². The quantitative estimate of drug-likeness (QED) is 0.727. The molecule has 66 valence electrons. The highest BCUT2D eigenvalue weighted by Crippen LogP contribution is 2.13. The normalized spacial score (nSPS) is 13.0. The average molecular weight is 164 g/mol. The van der Waals surface area contributed by atoms with Gasteiger partial charge in [0.1, 0.15) is 0 Å². The van der Waals surface area contributed by atoms with Crippen molar-refractivity contribution in [2.24, 2.45) is 5.73 Å². The smallest absolute Gasteiger partial charge is 0.0576 e. The van der Waals surface area contributed by atoms with E-state index in [9.17, 15) is 0 Å². The SMILES string of the molecule is CC[C@H](N)c1cc(C)cc(C)n1. The van der Waals surface area contributed by atoms with Crippen LogP contribution in [0.4, 0.5) is 0 Å². The van der Waals surface area contributed by atoms with E-state index in [4.69, 9.17) is 5.73 Å². The number of nitrogens with two attached hydrogens (primary N) is 1. The van der Waals surface area contributed by atoms with Gasteiger partial charge in [0, 0.05) is 11.7 Å². The van der Waals surface area contributed by atoms with Gasteiger partial charge in [-0.05, 0) is 38.0 Å². The second kappa shape index (κ2) is 3.68. The Morgan fingerprint density at radius 3 is 2.58 bits per heavy atom. The van der Waals surface area contributed by atoms with E-state index in [0.29, 0.717) is 0 Å². The fourth-order valence-corrected chi connectivity index (χ4v) is 1.27. The van der Waals surface area contributed by atoms with Crippen LogP contribution in [0.3, 0.4) is 0 Å². The summed E-state index contributed by atoms with van der Waals surface area (Å²) in [6.45, 7) is 6.14. The molecule has 12 heavy (non-hydrogen) atoms. The van der Waals surface area contributed by atoms with Crippen molar-refractivity contribution in [3.63, 3.8) is 0 Å². The molecular weight excluding hydrogens is 148 g/mol. The van der Waals surface area contributed by atoms with Crippen molar-refractivity contribution < 1.29 is 0 Å². The number of nitrogens with zero attached hydrogens (tertiary/aromatic N) is 1. The molecule has 0 bridgehead atoms. The van der Waals surface area contributed by atoms with Gasteiger partial charge in [-0.3, -0.25) is 4.98 Å². The van der Waals surface area contributed by atoms with E-state index in [1.165, 1.54) is 5.56 Å². The third-order valence-corrected chi connectivity index (χ3v) is 1.94. The first-order valence-electron chi connectivity index (χ1n) is 4.34. The third-order valence-electron chi connectivity index (χ3n) is 1.94. The molecule has 0 aliphatic rings. The first kappa shape index (κ1) is 9.20. The van der Waals surface area contributed by atoms with E-state index < -0.39 is 0 Å². The Hall–Kier alpha value is -0.890. The van der Waals surface area contributed by atoms with E-state index in [-0.39, 0.29) is 6.04 Å². The molecule has 0 aliphatic carbocycles. The van der Waals surface area contributed by atoms with Gasteiger partial charge in [-0.1, -0.05) is 6.92 Å². The maximum Gasteiger partial charge on any atom is 0.0576 e. The second-order valence-electron chi connectivity index (χ2n) is 3.23. The summed E-state index contributed by atoms with van der Waals surface area (Å²) < 4.78 is 0. The molecule has 0 saturated carbocycles. The Kier molecular flexibility index (Phi) is 2.82. The Bertz CT molecular complexity index is 248. The van der Waals surface area contributed by atoms with Gasteiger partial charge in [-0.2, -0.15) is 0 Å². The van der Waals surface area contributed by atoms with Gasteiger partial charge in [-0.15, -0.1) is 0 Å². The lowest BCUT2D eigenvalue weighted by Gasteiger charge is -2.09. The fraction of sp³-hybridized carbons (Fsp3) is 0.500. The van der Waals surface area contributed by atoms with Crippen LogP contribution < -0.4 is 5.73 Å². The fourth-order valence-electron chi connectivity index (χ4n) is 1.27. The van der Waals surface area contributed by atoms with Gasteiger partial charge in [0.05, 0.1) is 5.69 Å². The summed E-state index contributed by atoms with van der Waals surface area (Å²) in [7, 11) is 0. The van der Waals surface area contributed by atoms with Crippen molar-refractivity contribution in [3.05, 3.63) is 29.1 Å². The zero-order chi connectivity index (χ0) is 9.14. The molecule has 0 fully saturated rings. The summed E-state index contributed by atoms with van der Waals surface area (Å²) >= 11 is 0. The number of aryl methyl sites for hydroxylation is 2. The highest BCUT2D eigenvalue weighted by atomic mass is 14.8. The van der Waals surface area contributed by atoms with E-state index >= 15 is 0 Å². The van der Waals surface area contributed by atoms with Crippen molar-refractivity contribution in [1.82, 2.24) is 4.98 Å². The Morgan fingerprint density at radius 1 is 1.42 bits per heavy atom. The van der Waals surface area contributed by atoms with Crippen LogP contribution in [-0.4, -0.2) is 4.98 Å². The first-order valence-corrected chi connectivity index (χ1v) is 4.34. The Labute approximate surface area is 73.8 Å². The molecule has 2 heteroatoms. The zero-order valence-corrected chi connectivity index (χ0v) is 7.96. The Morgan fingerprint density at radius 2 is 2.08 bits per heavy atom. The van der Waals surface area contributed by atoms with Gasteiger partial charge in [0.15, 0.2) is 0 Å². The van der Waals surface area contributed by atoms with E-state index in [2.05, 4.69) is 31.0 Å². The average Bonchev–Trinajstić information content (AvgIpc) is 2.01. The minimum Gasteiger partial charge on any atom is -0.323 e. The standard InChI is InChI=1S/C10H16N2/c1-4-9(11)10-6-7(2)5-8(3)12-10/h5-6,9H,4,11H2,1-3H3/t9-/m0/s1. The summed E-state index contributed by atoms with van der Waals surface area (Å²) in [6.07, 6.45) is 0.940. The van der Waals surface area contributed by atoms with E-state index in [0.717, 1.165) is 17.8 Å². The van der Waals surface area contributed by atoms with Crippen LogP contribution >= 0.6 is 0 Å². The van der Waals surface area contributed by atoms with Crippen molar-refractivity contribution >= 4 is 0 Å². The molecule has 0 spiro atoms. The predicted molar refractivity (Wildman–Crippen MR) is 50.9 cm³/mol. The van der Waals surface area contributed by atoms with Gasteiger partial charge >= 0.3 is 0 Å². The summed E-state index contributed by atoms with van der Waals surface area (Å²) in [5.41, 5.74) is 9.17. The van der Waals surface area contributed by atoms with Crippen LogP contribution in [0.1, 0.15) is 36.3 Å². The molecule has 1 aromatic rings. The lowest BCUT2D eigenvalue weighted by atomic mass is 10.1. The number of pyridine rings is 1. The molecule has 0 aliphatic heterocycles. The lowest BCUT2D eigenvalue weighted by Crippen LogP contribution is -2.11. The highest BCUT2D eigenvalue weighted by Gasteiger charge is 2.04. The van der Waals surface area contributed by atoms with Crippen LogP contribution in [0.25, 0.3) is 0 Å². The van der Waals surface area contributed by atoms with Crippen molar-refractivity contribution in [1.29, 1.82) is 0 Å². The first-order chi connectivity index (χ1) is 5.63. The summed E-state index contributed by atoms with van der Waals surface area (Å²) in [4.78, 5) is 4.38. The van der Waals surface area contributed by atoms with Crippen LogP contribution in [0.15, 0.2) is 12.1 Å². The molecule has 0 amide bonds. The summed E-state index contributed by atoms with van der Waals surface area (Å²) in [6, 6.07) is 4.20. The molecule has 2 nitrogen and oxygen atoms in total. The minimum absolute atomic E-state index is 0.0867. The van der Waals surface area contributed by atoms with Gasteiger partial charge in [-0.25, -0.2) is 0 Å². The molecule has 0 aromatic carbocycles. The van der Waals surface area contributed by atoms with E-state index in [1.807, 2.05) is 6.92 Å².